The average molecular weight is 685 g/mol. The molecular weight excluding hydrogens is 588 g/mol. The molecule has 0 atom stereocenters. The summed E-state index contributed by atoms with van der Waals surface area (Å²) in [6.07, 6.45) is 0. The zero-order chi connectivity index (χ0) is 41.6. The second kappa shape index (κ2) is 130. The zero-order valence-corrected chi connectivity index (χ0v) is 38.3. The molecule has 0 saturated carbocycles. The topological polar surface area (TPSA) is 38.7 Å². The van der Waals surface area contributed by atoms with Gasteiger partial charge in [-0.25, -0.2) is 0 Å². The molecule has 0 spiro atoms. The number of aliphatic hydroxyl groups excluding tert-OH is 1. The van der Waals surface area contributed by atoms with Gasteiger partial charge in [-0.15, -0.1) is 0 Å². The maximum atomic E-state index is 7.00. The number of hydrogen-bond acceptors (Lipinski definition) is 3. The van der Waals surface area contributed by atoms with Crippen LogP contribution in [0.3, 0.4) is 0 Å². The summed E-state index contributed by atoms with van der Waals surface area (Å²) < 4.78 is 11.5. The molecule has 0 saturated heterocycles. The van der Waals surface area contributed by atoms with Gasteiger partial charge in [0.25, 0.3) is 0 Å². The highest BCUT2D eigenvalue weighted by molar-refractivity contribution is 5.37. The standard InChI is InChI=1S/C18H14O2.13C2H6.CH4O/c1-3-7-15(8-4-1)19-17-11-13-18(14-12-17)20-16-9-5-2-6-10-16;14*1-2/h1-14H;13*1-2H3;2H,1H3. The predicted octanol–water partition coefficient (Wildman–Crippen LogP) is 18.2. The predicted molar refractivity (Wildman–Crippen MR) is 235 cm³/mol. The van der Waals surface area contributed by atoms with Gasteiger partial charge < -0.3 is 14.6 Å². The van der Waals surface area contributed by atoms with Crippen molar-refractivity contribution >= 4 is 0 Å². The Morgan fingerprint density at radius 3 is 0.500 bits per heavy atom. The molecule has 0 heterocycles. The Hall–Kier alpha value is -2.78. The van der Waals surface area contributed by atoms with E-state index < -0.39 is 0 Å². The molecule has 1 N–H and O–H groups in total. The molecular formula is C45H96O3. The molecule has 0 fully saturated rings. The van der Waals surface area contributed by atoms with Gasteiger partial charge in [0.2, 0.25) is 0 Å². The third-order valence-corrected chi connectivity index (χ3v) is 2.78. The van der Waals surface area contributed by atoms with Crippen molar-refractivity contribution in [3.05, 3.63) is 84.9 Å². The molecule has 3 nitrogen and oxygen atoms in total. The minimum absolute atomic E-state index is 0.789. The van der Waals surface area contributed by atoms with E-state index in [9.17, 15) is 0 Å². The summed E-state index contributed by atoms with van der Waals surface area (Å²) in [7, 11) is 1.00. The van der Waals surface area contributed by atoms with E-state index >= 15 is 0 Å². The molecule has 48 heavy (non-hydrogen) atoms. The van der Waals surface area contributed by atoms with E-state index in [0.29, 0.717) is 0 Å². The van der Waals surface area contributed by atoms with Crippen molar-refractivity contribution in [2.75, 3.05) is 7.11 Å². The fraction of sp³-hybridized carbons (Fsp3) is 0.600. The van der Waals surface area contributed by atoms with Crippen LogP contribution in [0.1, 0.15) is 180 Å². The Labute approximate surface area is 309 Å². The fourth-order valence-corrected chi connectivity index (χ4v) is 1.82. The van der Waals surface area contributed by atoms with Crippen molar-refractivity contribution in [2.24, 2.45) is 0 Å². The first-order valence-electron chi connectivity index (χ1n) is 19.9. The van der Waals surface area contributed by atoms with Gasteiger partial charge in [0.1, 0.15) is 23.0 Å². The van der Waals surface area contributed by atoms with Crippen molar-refractivity contribution in [2.45, 2.75) is 180 Å². The number of aliphatic hydroxyl groups is 1. The van der Waals surface area contributed by atoms with E-state index in [4.69, 9.17) is 14.6 Å². The highest BCUT2D eigenvalue weighted by Crippen LogP contribution is 2.26. The lowest BCUT2D eigenvalue weighted by molar-refractivity contribution is 0.399. The first-order valence-corrected chi connectivity index (χ1v) is 19.9. The van der Waals surface area contributed by atoms with E-state index in [1.54, 1.807) is 0 Å². The van der Waals surface area contributed by atoms with Crippen LogP contribution in [-0.2, 0) is 0 Å². The molecule has 0 unspecified atom stereocenters. The second-order valence-corrected chi connectivity index (χ2v) is 4.30. The fourth-order valence-electron chi connectivity index (χ4n) is 1.82. The van der Waals surface area contributed by atoms with Crippen molar-refractivity contribution in [1.29, 1.82) is 0 Å². The Balaban J connectivity index is -0.0000000392. The summed E-state index contributed by atoms with van der Waals surface area (Å²) in [6, 6.07) is 27.0. The molecule has 3 rings (SSSR count). The summed E-state index contributed by atoms with van der Waals surface area (Å²) in [5.74, 6) is 3.22. The molecule has 0 amide bonds. The monoisotopic (exact) mass is 685 g/mol. The van der Waals surface area contributed by atoms with E-state index in [1.165, 1.54) is 0 Å². The molecule has 0 aliphatic heterocycles. The molecule has 0 aliphatic rings. The minimum atomic E-state index is 0.789. The molecule has 294 valence electrons. The number of benzene rings is 3. The second-order valence-electron chi connectivity index (χ2n) is 4.30. The van der Waals surface area contributed by atoms with Crippen LogP contribution in [0.4, 0.5) is 0 Å². The van der Waals surface area contributed by atoms with Crippen molar-refractivity contribution in [3.63, 3.8) is 0 Å². The highest BCUT2D eigenvalue weighted by atomic mass is 16.5. The van der Waals surface area contributed by atoms with Crippen LogP contribution >= 0.6 is 0 Å². The molecule has 3 aromatic carbocycles. The molecule has 0 bridgehead atoms. The number of hydrogen-bond donors (Lipinski definition) is 1. The summed E-state index contributed by atoms with van der Waals surface area (Å²) in [5.41, 5.74) is 0. The Morgan fingerprint density at radius 2 is 0.354 bits per heavy atom. The quantitative estimate of drug-likeness (QED) is 0.297. The zero-order valence-electron chi connectivity index (χ0n) is 38.3. The van der Waals surface area contributed by atoms with E-state index in [2.05, 4.69) is 0 Å². The lowest BCUT2D eigenvalue weighted by Crippen LogP contribution is -1.85. The van der Waals surface area contributed by atoms with E-state index in [-0.39, 0.29) is 0 Å². The maximum absolute atomic E-state index is 7.00. The van der Waals surface area contributed by atoms with Gasteiger partial charge in [0, 0.05) is 7.11 Å². The lowest BCUT2D eigenvalue weighted by atomic mass is 10.3. The first-order chi connectivity index (χ1) is 23.9. The Kier molecular flexibility index (Phi) is 217. The lowest BCUT2D eigenvalue weighted by Gasteiger charge is -2.08. The van der Waals surface area contributed by atoms with E-state index in [0.717, 1.165) is 30.1 Å². The van der Waals surface area contributed by atoms with Crippen LogP contribution in [0.2, 0.25) is 0 Å². The van der Waals surface area contributed by atoms with E-state index in [1.807, 2.05) is 265 Å². The van der Waals surface area contributed by atoms with Gasteiger partial charge in [0.05, 0.1) is 0 Å². The first kappa shape index (κ1) is 80.1. The smallest absolute Gasteiger partial charge is 0.127 e. The summed E-state index contributed by atoms with van der Waals surface area (Å²) in [6.45, 7) is 52.0. The Bertz CT molecular complexity index is 592. The molecule has 0 radical (unpaired) electrons. The average Bonchev–Trinajstić information content (AvgIpc) is 3.27. The summed E-state index contributed by atoms with van der Waals surface area (Å²) in [4.78, 5) is 0. The van der Waals surface area contributed by atoms with Gasteiger partial charge in [-0.2, -0.15) is 0 Å². The Morgan fingerprint density at radius 1 is 0.229 bits per heavy atom. The minimum Gasteiger partial charge on any atom is -0.457 e. The normalized spacial score (nSPS) is 5.92. The molecule has 0 aromatic heterocycles. The maximum Gasteiger partial charge on any atom is 0.127 e. The molecule has 0 aliphatic carbocycles. The van der Waals surface area contributed by atoms with Crippen LogP contribution in [0.15, 0.2) is 84.9 Å². The van der Waals surface area contributed by atoms with Crippen LogP contribution in [0.5, 0.6) is 23.0 Å². The van der Waals surface area contributed by atoms with Crippen molar-refractivity contribution < 1.29 is 14.6 Å². The third kappa shape index (κ3) is 79.0. The SMILES string of the molecule is CC.CC.CC.CC.CC.CC.CC.CC.CC.CC.CC.CC.CC.CO.c1ccc(Oc2ccc(Oc3ccccc3)cc2)cc1. The van der Waals surface area contributed by atoms with Crippen LogP contribution in [-0.4, -0.2) is 12.2 Å². The summed E-state index contributed by atoms with van der Waals surface area (Å²) >= 11 is 0. The van der Waals surface area contributed by atoms with Crippen LogP contribution in [0, 0.1) is 0 Å². The highest BCUT2D eigenvalue weighted by Gasteiger charge is 1.99. The number of rotatable bonds is 4. The number of ether oxygens (including phenoxy) is 2. The van der Waals surface area contributed by atoms with Crippen LogP contribution < -0.4 is 9.47 Å². The van der Waals surface area contributed by atoms with Crippen molar-refractivity contribution in [1.82, 2.24) is 0 Å². The molecule has 3 heteroatoms. The van der Waals surface area contributed by atoms with Gasteiger partial charge in [-0.1, -0.05) is 216 Å². The van der Waals surface area contributed by atoms with Gasteiger partial charge in [0.15, 0.2) is 0 Å². The third-order valence-electron chi connectivity index (χ3n) is 2.78. The number of para-hydroxylation sites is 2. The molecule has 3 aromatic rings. The van der Waals surface area contributed by atoms with Gasteiger partial charge >= 0.3 is 0 Å². The largest absolute Gasteiger partial charge is 0.457 e. The van der Waals surface area contributed by atoms with Gasteiger partial charge in [-0.3, -0.25) is 0 Å². The van der Waals surface area contributed by atoms with Crippen molar-refractivity contribution in [3.8, 4) is 23.0 Å². The van der Waals surface area contributed by atoms with Crippen LogP contribution in [0.25, 0.3) is 0 Å². The summed E-state index contributed by atoms with van der Waals surface area (Å²) in [5, 5.41) is 7.00. The van der Waals surface area contributed by atoms with Gasteiger partial charge in [-0.05, 0) is 48.5 Å².